The Bertz CT molecular complexity index is 230. The van der Waals surface area contributed by atoms with Gasteiger partial charge in [0.1, 0.15) is 0 Å². The highest BCUT2D eigenvalue weighted by Crippen LogP contribution is 2.45. The van der Waals surface area contributed by atoms with E-state index < -0.39 is 11.6 Å². The van der Waals surface area contributed by atoms with Crippen LogP contribution in [0.3, 0.4) is 0 Å². The summed E-state index contributed by atoms with van der Waals surface area (Å²) in [7, 11) is 0. The van der Waals surface area contributed by atoms with Gasteiger partial charge in [-0.25, -0.2) is 4.79 Å². The summed E-state index contributed by atoms with van der Waals surface area (Å²) in [5.74, 6) is -0.547. The Morgan fingerprint density at radius 3 is 2.67 bits per heavy atom. The number of ether oxygens (including phenoxy) is 1. The number of aliphatic carboxylic acids is 1. The fourth-order valence-electron chi connectivity index (χ4n) is 1.74. The van der Waals surface area contributed by atoms with Crippen LogP contribution in [0.25, 0.3) is 0 Å². The third-order valence-electron chi connectivity index (χ3n) is 2.62. The van der Waals surface area contributed by atoms with Crippen LogP contribution < -0.4 is 0 Å². The fraction of sp³-hybridized carbons (Fsp3) is 0.667. The summed E-state index contributed by atoms with van der Waals surface area (Å²) in [6.07, 6.45) is 6.33. The molecule has 1 N–H and O–H groups in total. The van der Waals surface area contributed by atoms with Gasteiger partial charge in [-0.05, 0) is 18.8 Å². The van der Waals surface area contributed by atoms with E-state index in [0.29, 0.717) is 13.0 Å². The molecule has 0 radical (unpaired) electrons. The van der Waals surface area contributed by atoms with Gasteiger partial charge < -0.3 is 9.84 Å². The van der Waals surface area contributed by atoms with Gasteiger partial charge in [0, 0.05) is 6.42 Å². The number of hydrogen-bond donors (Lipinski definition) is 1. The van der Waals surface area contributed by atoms with Gasteiger partial charge in [0.15, 0.2) is 5.60 Å². The SMILES string of the molecule is O=C(O)[C@@]1(C2CC2)CC=CCO1. The number of carbonyl (C=O) groups is 1. The van der Waals surface area contributed by atoms with Crippen LogP contribution in [0.15, 0.2) is 12.2 Å². The molecule has 1 aliphatic heterocycles. The molecule has 0 aromatic carbocycles. The maximum Gasteiger partial charge on any atom is 0.336 e. The van der Waals surface area contributed by atoms with E-state index in [1.807, 2.05) is 12.2 Å². The minimum Gasteiger partial charge on any atom is -0.479 e. The Morgan fingerprint density at radius 1 is 1.50 bits per heavy atom. The average Bonchev–Trinajstić information content (AvgIpc) is 2.88. The van der Waals surface area contributed by atoms with E-state index in [-0.39, 0.29) is 5.92 Å². The Labute approximate surface area is 71.0 Å². The monoisotopic (exact) mass is 168 g/mol. The van der Waals surface area contributed by atoms with Crippen molar-refractivity contribution in [2.75, 3.05) is 6.61 Å². The van der Waals surface area contributed by atoms with Crippen molar-refractivity contribution in [2.24, 2.45) is 5.92 Å². The lowest BCUT2D eigenvalue weighted by Gasteiger charge is -2.30. The van der Waals surface area contributed by atoms with Crippen LogP contribution in [-0.2, 0) is 9.53 Å². The molecule has 12 heavy (non-hydrogen) atoms. The fourth-order valence-corrected chi connectivity index (χ4v) is 1.74. The van der Waals surface area contributed by atoms with Crippen LogP contribution >= 0.6 is 0 Å². The topological polar surface area (TPSA) is 46.5 Å². The molecule has 0 aromatic rings. The van der Waals surface area contributed by atoms with Crippen LogP contribution in [0.4, 0.5) is 0 Å². The molecule has 1 atom stereocenters. The first-order chi connectivity index (χ1) is 5.76. The second-order valence-corrected chi connectivity index (χ2v) is 3.46. The maximum atomic E-state index is 11.0. The van der Waals surface area contributed by atoms with E-state index >= 15 is 0 Å². The third-order valence-corrected chi connectivity index (χ3v) is 2.62. The molecule has 3 nitrogen and oxygen atoms in total. The van der Waals surface area contributed by atoms with Crippen molar-refractivity contribution in [3.05, 3.63) is 12.2 Å². The van der Waals surface area contributed by atoms with Crippen LogP contribution in [0.5, 0.6) is 0 Å². The lowest BCUT2D eigenvalue weighted by atomic mass is 9.92. The lowest BCUT2D eigenvalue weighted by molar-refractivity contribution is -0.168. The second-order valence-electron chi connectivity index (χ2n) is 3.46. The number of carboxylic acid groups (broad SMARTS) is 1. The Balaban J connectivity index is 2.20. The van der Waals surface area contributed by atoms with Crippen LogP contribution in [0.2, 0.25) is 0 Å². The van der Waals surface area contributed by atoms with E-state index in [4.69, 9.17) is 9.84 Å². The summed E-state index contributed by atoms with van der Waals surface area (Å²) in [4.78, 5) is 11.0. The van der Waals surface area contributed by atoms with Gasteiger partial charge in [0.05, 0.1) is 6.61 Å². The zero-order valence-electron chi connectivity index (χ0n) is 6.82. The van der Waals surface area contributed by atoms with Gasteiger partial charge in [-0.2, -0.15) is 0 Å². The summed E-state index contributed by atoms with van der Waals surface area (Å²) in [6.45, 7) is 0.447. The van der Waals surface area contributed by atoms with E-state index in [0.717, 1.165) is 12.8 Å². The van der Waals surface area contributed by atoms with E-state index in [9.17, 15) is 4.79 Å². The molecule has 1 heterocycles. The van der Waals surface area contributed by atoms with Gasteiger partial charge >= 0.3 is 5.97 Å². The van der Waals surface area contributed by atoms with Crippen molar-refractivity contribution in [1.29, 1.82) is 0 Å². The van der Waals surface area contributed by atoms with Crippen molar-refractivity contribution in [2.45, 2.75) is 24.9 Å². The highest BCUT2D eigenvalue weighted by molar-refractivity contribution is 5.79. The zero-order valence-corrected chi connectivity index (χ0v) is 6.82. The molecule has 1 saturated carbocycles. The summed E-state index contributed by atoms with van der Waals surface area (Å²) in [6, 6.07) is 0. The Morgan fingerprint density at radius 2 is 2.25 bits per heavy atom. The third kappa shape index (κ3) is 1.05. The van der Waals surface area contributed by atoms with Gasteiger partial charge in [-0.3, -0.25) is 0 Å². The first-order valence-corrected chi connectivity index (χ1v) is 4.28. The highest BCUT2D eigenvalue weighted by atomic mass is 16.5. The minimum atomic E-state index is -0.880. The first-order valence-electron chi connectivity index (χ1n) is 4.28. The van der Waals surface area contributed by atoms with E-state index in [1.54, 1.807) is 0 Å². The van der Waals surface area contributed by atoms with Crippen LogP contribution in [0.1, 0.15) is 19.3 Å². The van der Waals surface area contributed by atoms with Crippen LogP contribution in [-0.4, -0.2) is 23.3 Å². The van der Waals surface area contributed by atoms with Crippen molar-refractivity contribution in [3.8, 4) is 0 Å². The normalized spacial score (nSPS) is 35.0. The second kappa shape index (κ2) is 2.59. The molecule has 1 aliphatic carbocycles. The molecule has 66 valence electrons. The smallest absolute Gasteiger partial charge is 0.336 e. The predicted molar refractivity (Wildman–Crippen MR) is 42.8 cm³/mol. The molecule has 0 saturated heterocycles. The number of hydrogen-bond acceptors (Lipinski definition) is 2. The molecule has 2 aliphatic rings. The predicted octanol–water partition coefficient (Wildman–Crippen LogP) is 1.20. The highest BCUT2D eigenvalue weighted by Gasteiger charge is 2.52. The zero-order chi connectivity index (χ0) is 8.60. The molecule has 0 bridgehead atoms. The molecule has 0 amide bonds. The van der Waals surface area contributed by atoms with E-state index in [1.165, 1.54) is 0 Å². The first kappa shape index (κ1) is 7.80. The summed E-state index contributed by atoms with van der Waals surface area (Å²) < 4.78 is 5.36. The summed E-state index contributed by atoms with van der Waals surface area (Å²) >= 11 is 0. The molecule has 0 unspecified atom stereocenters. The van der Waals surface area contributed by atoms with Gasteiger partial charge in [-0.1, -0.05) is 12.2 Å². The quantitative estimate of drug-likeness (QED) is 0.630. The lowest BCUT2D eigenvalue weighted by Crippen LogP contribution is -2.45. The number of carboxylic acids is 1. The Kier molecular flexibility index (Phi) is 1.68. The molecule has 1 fully saturated rings. The molecular formula is C9H12O3. The van der Waals surface area contributed by atoms with Crippen molar-refractivity contribution in [1.82, 2.24) is 0 Å². The largest absolute Gasteiger partial charge is 0.479 e. The van der Waals surface area contributed by atoms with E-state index in [2.05, 4.69) is 0 Å². The van der Waals surface area contributed by atoms with Crippen molar-refractivity contribution < 1.29 is 14.6 Å². The molecule has 0 aromatic heterocycles. The van der Waals surface area contributed by atoms with Gasteiger partial charge in [0.2, 0.25) is 0 Å². The summed E-state index contributed by atoms with van der Waals surface area (Å²) in [5.41, 5.74) is -0.880. The van der Waals surface area contributed by atoms with Crippen LogP contribution in [0, 0.1) is 5.92 Å². The number of rotatable bonds is 2. The molecule has 3 heteroatoms. The molecule has 2 rings (SSSR count). The van der Waals surface area contributed by atoms with Crippen molar-refractivity contribution in [3.63, 3.8) is 0 Å². The maximum absolute atomic E-state index is 11.0. The molecule has 0 spiro atoms. The van der Waals surface area contributed by atoms with Gasteiger partial charge in [0.25, 0.3) is 0 Å². The molecular weight excluding hydrogens is 156 g/mol. The summed E-state index contributed by atoms with van der Waals surface area (Å²) in [5, 5.41) is 9.04. The minimum absolute atomic E-state index is 0.250. The van der Waals surface area contributed by atoms with Crippen molar-refractivity contribution >= 4 is 5.97 Å². The van der Waals surface area contributed by atoms with Gasteiger partial charge in [-0.15, -0.1) is 0 Å². The standard InChI is InChI=1S/C9H12O3/c10-8(11)9(7-3-4-7)5-1-2-6-12-9/h1-2,7H,3-6H2,(H,10,11)/t9-/m0/s1. The average molecular weight is 168 g/mol. The Hall–Kier alpha value is -0.830.